The minimum absolute atomic E-state index is 0.0787. The number of nitrogens with one attached hydrogen (secondary N) is 1. The van der Waals surface area contributed by atoms with Crippen LogP contribution in [-0.4, -0.2) is 41.0 Å². The van der Waals surface area contributed by atoms with E-state index in [1.807, 2.05) is 13.8 Å². The zero-order valence-corrected chi connectivity index (χ0v) is 16.0. The van der Waals surface area contributed by atoms with Gasteiger partial charge in [0.2, 0.25) is 11.8 Å². The van der Waals surface area contributed by atoms with E-state index >= 15 is 0 Å². The van der Waals surface area contributed by atoms with Crippen molar-refractivity contribution in [2.24, 2.45) is 17.6 Å². The lowest BCUT2D eigenvalue weighted by atomic mass is 10.00. The predicted molar refractivity (Wildman–Crippen MR) is 101 cm³/mol. The Hall–Kier alpha value is -2.41. The summed E-state index contributed by atoms with van der Waals surface area (Å²) in [6, 6.07) is 5.88. The van der Waals surface area contributed by atoms with Crippen LogP contribution in [0.4, 0.5) is 5.69 Å². The molecule has 26 heavy (non-hydrogen) atoms. The number of carbonyl (C=O) groups excluding carboxylic acids is 2. The van der Waals surface area contributed by atoms with Crippen LogP contribution in [0.5, 0.6) is 0 Å². The van der Waals surface area contributed by atoms with E-state index in [2.05, 4.69) is 5.32 Å². The number of carboxylic acid groups (broad SMARTS) is 1. The summed E-state index contributed by atoms with van der Waals surface area (Å²) in [4.78, 5) is 38.2. The second kappa shape index (κ2) is 9.33. The third-order valence-corrected chi connectivity index (χ3v) is 4.18. The second-order valence-electron chi connectivity index (χ2n) is 7.07. The van der Waals surface area contributed by atoms with E-state index < -0.39 is 35.9 Å². The smallest absolute Gasteiger partial charge is 0.327 e. The minimum Gasteiger partial charge on any atom is -0.480 e. The number of carboxylic acids is 1. The Morgan fingerprint density at radius 1 is 1.00 bits per heavy atom. The summed E-state index contributed by atoms with van der Waals surface area (Å²) in [5.41, 5.74) is 6.29. The summed E-state index contributed by atoms with van der Waals surface area (Å²) in [6.07, 6.45) is 0. The molecule has 0 aliphatic carbocycles. The molecular formula is C19H29N3O4. The quantitative estimate of drug-likeness (QED) is 0.649. The number of hydrogen-bond donors (Lipinski definition) is 3. The van der Waals surface area contributed by atoms with Gasteiger partial charge >= 0.3 is 5.97 Å². The van der Waals surface area contributed by atoms with Crippen molar-refractivity contribution in [3.8, 4) is 0 Å². The van der Waals surface area contributed by atoms with E-state index in [9.17, 15) is 19.5 Å². The summed E-state index contributed by atoms with van der Waals surface area (Å²) in [7, 11) is 0. The van der Waals surface area contributed by atoms with Crippen molar-refractivity contribution < 1.29 is 19.5 Å². The third-order valence-electron chi connectivity index (χ3n) is 4.18. The molecule has 7 nitrogen and oxygen atoms in total. The third kappa shape index (κ3) is 5.29. The van der Waals surface area contributed by atoms with E-state index in [0.29, 0.717) is 5.69 Å². The molecule has 0 fully saturated rings. The monoisotopic (exact) mass is 363 g/mol. The van der Waals surface area contributed by atoms with Crippen molar-refractivity contribution in [2.45, 2.75) is 52.7 Å². The highest BCUT2D eigenvalue weighted by Crippen LogP contribution is 2.22. The van der Waals surface area contributed by atoms with E-state index in [-0.39, 0.29) is 11.8 Å². The summed E-state index contributed by atoms with van der Waals surface area (Å²) in [5.74, 6) is -2.44. The van der Waals surface area contributed by atoms with E-state index in [1.165, 1.54) is 11.8 Å². The Bertz CT molecular complexity index is 631. The molecule has 1 rings (SSSR count). The van der Waals surface area contributed by atoms with Gasteiger partial charge in [-0.15, -0.1) is 0 Å². The lowest BCUT2D eigenvalue weighted by molar-refractivity contribution is -0.141. The first-order chi connectivity index (χ1) is 12.1. The van der Waals surface area contributed by atoms with Crippen LogP contribution in [0.25, 0.3) is 0 Å². The van der Waals surface area contributed by atoms with Gasteiger partial charge in [-0.25, -0.2) is 4.79 Å². The van der Waals surface area contributed by atoms with Crippen LogP contribution in [-0.2, 0) is 14.4 Å². The molecule has 1 aromatic rings. The first-order valence-corrected chi connectivity index (χ1v) is 8.74. The van der Waals surface area contributed by atoms with E-state index in [4.69, 9.17) is 5.73 Å². The predicted octanol–water partition coefficient (Wildman–Crippen LogP) is 1.62. The summed E-state index contributed by atoms with van der Waals surface area (Å²) >= 11 is 0. The van der Waals surface area contributed by atoms with Crippen LogP contribution >= 0.6 is 0 Å². The molecule has 0 heterocycles. The maximum Gasteiger partial charge on any atom is 0.327 e. The van der Waals surface area contributed by atoms with Crippen molar-refractivity contribution in [2.75, 3.05) is 4.90 Å². The number of carbonyl (C=O) groups is 3. The van der Waals surface area contributed by atoms with Gasteiger partial charge in [-0.05, 0) is 30.9 Å². The zero-order chi connectivity index (χ0) is 20.0. The van der Waals surface area contributed by atoms with Gasteiger partial charge in [0.05, 0.1) is 6.04 Å². The molecule has 0 unspecified atom stereocenters. The van der Waals surface area contributed by atoms with Crippen LogP contribution in [0.15, 0.2) is 30.3 Å². The van der Waals surface area contributed by atoms with Crippen molar-refractivity contribution in [1.29, 1.82) is 0 Å². The molecule has 0 aliphatic heterocycles. The second-order valence-corrected chi connectivity index (χ2v) is 7.07. The van der Waals surface area contributed by atoms with Gasteiger partial charge in [-0.3, -0.25) is 14.5 Å². The van der Waals surface area contributed by atoms with Crippen molar-refractivity contribution >= 4 is 23.5 Å². The number of aliphatic carboxylic acids is 1. The highest BCUT2D eigenvalue weighted by Gasteiger charge is 2.36. The Morgan fingerprint density at radius 3 is 1.96 bits per heavy atom. The number of hydrogen-bond acceptors (Lipinski definition) is 4. The molecule has 2 amide bonds. The number of nitrogens with two attached hydrogens (primary N) is 1. The lowest BCUT2D eigenvalue weighted by Gasteiger charge is -2.34. The van der Waals surface area contributed by atoms with Crippen molar-refractivity contribution in [3.63, 3.8) is 0 Å². The number of nitrogens with zero attached hydrogens (tertiary/aromatic N) is 1. The Labute approximate surface area is 154 Å². The maximum absolute atomic E-state index is 13.0. The number of rotatable bonds is 8. The summed E-state index contributed by atoms with van der Waals surface area (Å²) in [5, 5.41) is 12.2. The summed E-state index contributed by atoms with van der Waals surface area (Å²) in [6.45, 7) is 8.63. The van der Waals surface area contributed by atoms with Gasteiger partial charge < -0.3 is 16.2 Å². The maximum atomic E-state index is 13.0. The van der Waals surface area contributed by atoms with Gasteiger partial charge in [-0.2, -0.15) is 0 Å². The molecule has 0 radical (unpaired) electrons. The number of amides is 2. The number of anilines is 1. The van der Waals surface area contributed by atoms with Crippen molar-refractivity contribution in [3.05, 3.63) is 30.3 Å². The van der Waals surface area contributed by atoms with Crippen LogP contribution in [0.3, 0.4) is 0 Å². The van der Waals surface area contributed by atoms with E-state index in [0.717, 1.165) is 0 Å². The van der Waals surface area contributed by atoms with Gasteiger partial charge in [0.1, 0.15) is 12.1 Å². The molecule has 3 atom stereocenters. The molecule has 1 aromatic carbocycles. The average Bonchev–Trinajstić information content (AvgIpc) is 2.57. The zero-order valence-electron chi connectivity index (χ0n) is 16.0. The molecule has 7 heteroatoms. The number of para-hydroxylation sites is 1. The fraction of sp³-hybridized carbons (Fsp3) is 0.526. The van der Waals surface area contributed by atoms with Gasteiger partial charge in [0, 0.05) is 5.69 Å². The summed E-state index contributed by atoms with van der Waals surface area (Å²) < 4.78 is 0. The SMILES string of the molecule is CC(C)[C@H](N)C(=O)N[C@@H](C)C(=O)N(c1ccccc1)[C@H](C(=O)O)C(C)C. The molecule has 0 bridgehead atoms. The highest BCUT2D eigenvalue weighted by atomic mass is 16.4. The van der Waals surface area contributed by atoms with Crippen molar-refractivity contribution in [1.82, 2.24) is 5.32 Å². The highest BCUT2D eigenvalue weighted by molar-refractivity contribution is 6.03. The first kappa shape index (κ1) is 21.6. The average molecular weight is 363 g/mol. The van der Waals surface area contributed by atoms with Gasteiger partial charge in [0.15, 0.2) is 0 Å². The Morgan fingerprint density at radius 2 is 1.54 bits per heavy atom. The van der Waals surface area contributed by atoms with E-state index in [1.54, 1.807) is 44.2 Å². The van der Waals surface area contributed by atoms with Gasteiger partial charge in [-0.1, -0.05) is 45.9 Å². The Kier molecular flexibility index (Phi) is 7.76. The van der Waals surface area contributed by atoms with Crippen LogP contribution < -0.4 is 16.0 Å². The molecule has 0 saturated carbocycles. The fourth-order valence-electron chi connectivity index (χ4n) is 2.59. The van der Waals surface area contributed by atoms with Crippen LogP contribution in [0, 0.1) is 11.8 Å². The molecule has 0 aromatic heterocycles. The fourth-order valence-corrected chi connectivity index (χ4v) is 2.59. The molecule has 144 valence electrons. The number of benzene rings is 1. The Balaban J connectivity index is 3.16. The molecule has 0 spiro atoms. The molecule has 4 N–H and O–H groups in total. The first-order valence-electron chi connectivity index (χ1n) is 8.74. The standard InChI is InChI=1S/C19H29N3O4/c1-11(2)15(20)17(23)21-13(5)18(24)22(14-9-7-6-8-10-14)16(12(3)4)19(25)26/h6-13,15-16H,20H2,1-5H3,(H,21,23)(H,25,26)/t13-,15-,16-/m0/s1. The normalized spacial score (nSPS) is 14.6. The molecule has 0 aliphatic rings. The van der Waals surface area contributed by atoms with Gasteiger partial charge in [0.25, 0.3) is 0 Å². The topological polar surface area (TPSA) is 113 Å². The largest absolute Gasteiger partial charge is 0.480 e. The lowest BCUT2D eigenvalue weighted by Crippen LogP contribution is -2.57. The molecular weight excluding hydrogens is 334 g/mol. The molecule has 0 saturated heterocycles. The van der Waals surface area contributed by atoms with Crippen LogP contribution in [0.1, 0.15) is 34.6 Å². The van der Waals surface area contributed by atoms with Crippen LogP contribution in [0.2, 0.25) is 0 Å². The minimum atomic E-state index is -1.10.